The first-order chi connectivity index (χ1) is 19.3. The van der Waals surface area contributed by atoms with E-state index < -0.39 is 0 Å². The minimum atomic E-state index is -0.261. The number of fused-ring (bicyclic) bond motifs is 7. The number of rotatable bonds is 4. The molecule has 5 nitrogen and oxygen atoms in total. The Morgan fingerprint density at radius 1 is 0.923 bits per heavy atom. The molecule has 4 aromatic carbocycles. The number of para-hydroxylation sites is 3. The standard InChI is InChI=1S/C33H27N5S/c1-21-16-17-29-26(18-21)30-28(38(33-34-20-35-36-33)23-12-6-3-7-13-23)19-25-24-14-8-9-15-27(24)37(31(25)32(30)39-29)22-10-4-2-5-11-22/h2-17,19-21,33,36H,18H2,1H3,(H,34,35). The molecule has 1 aliphatic heterocycles. The van der Waals surface area contributed by atoms with Crippen molar-refractivity contribution in [2.75, 3.05) is 4.90 Å². The zero-order valence-corrected chi connectivity index (χ0v) is 22.3. The Balaban J connectivity index is 1.55. The van der Waals surface area contributed by atoms with Crippen LogP contribution in [0.5, 0.6) is 0 Å². The number of benzene rings is 4. The largest absolute Gasteiger partial charge is 0.309 e. The molecular formula is C33H27N5S. The van der Waals surface area contributed by atoms with Crippen LogP contribution in [0.3, 0.4) is 0 Å². The summed E-state index contributed by atoms with van der Waals surface area (Å²) in [5.74, 6) is 0.494. The van der Waals surface area contributed by atoms with Gasteiger partial charge in [-0.15, -0.1) is 11.3 Å². The summed E-state index contributed by atoms with van der Waals surface area (Å²) < 4.78 is 3.77. The summed E-state index contributed by atoms with van der Waals surface area (Å²) in [7, 11) is 0. The summed E-state index contributed by atoms with van der Waals surface area (Å²) in [5.41, 5.74) is 13.8. The fourth-order valence-corrected chi connectivity index (χ4v) is 7.47. The lowest BCUT2D eigenvalue weighted by atomic mass is 9.92. The fraction of sp³-hybridized carbons (Fsp3) is 0.121. The van der Waals surface area contributed by atoms with E-state index >= 15 is 0 Å². The molecule has 39 heavy (non-hydrogen) atoms. The van der Waals surface area contributed by atoms with E-state index in [1.807, 2.05) is 11.3 Å². The molecule has 8 rings (SSSR count). The van der Waals surface area contributed by atoms with Gasteiger partial charge < -0.3 is 14.9 Å². The summed E-state index contributed by atoms with van der Waals surface area (Å²) in [4.78, 5) is 8.46. The van der Waals surface area contributed by atoms with Gasteiger partial charge in [-0.05, 0) is 60.4 Å². The number of nitrogens with one attached hydrogen (secondary N) is 2. The van der Waals surface area contributed by atoms with Crippen LogP contribution in [0.25, 0.3) is 43.7 Å². The predicted molar refractivity (Wildman–Crippen MR) is 165 cm³/mol. The van der Waals surface area contributed by atoms with Gasteiger partial charge in [0.15, 0.2) is 6.29 Å². The second-order valence-corrected chi connectivity index (χ2v) is 11.4. The maximum Gasteiger partial charge on any atom is 0.198 e. The van der Waals surface area contributed by atoms with Crippen molar-refractivity contribution in [3.05, 3.63) is 108 Å². The predicted octanol–water partition coefficient (Wildman–Crippen LogP) is 7.76. The number of nitrogens with zero attached hydrogens (tertiary/aromatic N) is 3. The first-order valence-corrected chi connectivity index (χ1v) is 14.2. The van der Waals surface area contributed by atoms with E-state index in [1.165, 1.54) is 53.7 Å². The third kappa shape index (κ3) is 3.45. The van der Waals surface area contributed by atoms with E-state index in [0.29, 0.717) is 5.92 Å². The molecule has 0 saturated carbocycles. The van der Waals surface area contributed by atoms with E-state index in [1.54, 1.807) is 6.34 Å². The van der Waals surface area contributed by atoms with Crippen molar-refractivity contribution in [2.45, 2.75) is 19.6 Å². The summed E-state index contributed by atoms with van der Waals surface area (Å²) in [6.07, 6.45) is 7.19. The zero-order valence-electron chi connectivity index (χ0n) is 21.5. The number of hydrazine groups is 1. The molecule has 0 radical (unpaired) electrons. The third-order valence-electron chi connectivity index (χ3n) is 7.85. The van der Waals surface area contributed by atoms with Crippen LogP contribution in [-0.2, 0) is 6.42 Å². The number of anilines is 2. The third-order valence-corrected chi connectivity index (χ3v) is 9.06. The quantitative estimate of drug-likeness (QED) is 0.247. The van der Waals surface area contributed by atoms with Gasteiger partial charge in [0, 0.05) is 32.4 Å². The van der Waals surface area contributed by atoms with Crippen LogP contribution in [0.2, 0.25) is 0 Å². The molecular weight excluding hydrogens is 498 g/mol. The van der Waals surface area contributed by atoms with Crippen LogP contribution in [0, 0.1) is 5.92 Å². The summed E-state index contributed by atoms with van der Waals surface area (Å²) in [6.45, 7) is 2.31. The Labute approximate surface area is 230 Å². The van der Waals surface area contributed by atoms with Crippen molar-refractivity contribution in [1.82, 2.24) is 15.4 Å². The highest BCUT2D eigenvalue weighted by molar-refractivity contribution is 7.21. The van der Waals surface area contributed by atoms with Gasteiger partial charge in [0.25, 0.3) is 0 Å². The highest BCUT2D eigenvalue weighted by Crippen LogP contribution is 2.49. The summed E-state index contributed by atoms with van der Waals surface area (Å²) in [5, 5.41) is 3.83. The molecule has 190 valence electrons. The molecule has 2 N–H and O–H groups in total. The Hall–Kier alpha value is -4.39. The van der Waals surface area contributed by atoms with E-state index in [4.69, 9.17) is 4.99 Å². The maximum absolute atomic E-state index is 4.77. The van der Waals surface area contributed by atoms with E-state index in [2.05, 4.69) is 130 Å². The van der Waals surface area contributed by atoms with Crippen molar-refractivity contribution in [3.63, 3.8) is 0 Å². The molecule has 6 heteroatoms. The molecule has 0 saturated heterocycles. The van der Waals surface area contributed by atoms with Gasteiger partial charge >= 0.3 is 0 Å². The van der Waals surface area contributed by atoms with Crippen molar-refractivity contribution < 1.29 is 0 Å². The highest BCUT2D eigenvalue weighted by Gasteiger charge is 2.30. The molecule has 3 heterocycles. The molecule has 2 atom stereocenters. The number of hydrogen-bond acceptors (Lipinski definition) is 5. The van der Waals surface area contributed by atoms with Crippen LogP contribution in [-0.4, -0.2) is 17.2 Å². The van der Waals surface area contributed by atoms with Crippen molar-refractivity contribution in [3.8, 4) is 5.69 Å². The van der Waals surface area contributed by atoms with Gasteiger partial charge in [0.2, 0.25) is 0 Å². The molecule has 1 aliphatic carbocycles. The Morgan fingerprint density at radius 2 is 1.69 bits per heavy atom. The minimum Gasteiger partial charge on any atom is -0.309 e. The number of allylic oxidation sites excluding steroid dienone is 1. The summed E-state index contributed by atoms with van der Waals surface area (Å²) in [6, 6.07) is 32.5. The molecule has 2 aliphatic rings. The Kier molecular flexibility index (Phi) is 5.11. The van der Waals surface area contributed by atoms with Crippen molar-refractivity contribution >= 4 is 67.0 Å². The van der Waals surface area contributed by atoms with Crippen LogP contribution < -0.4 is 15.8 Å². The topological polar surface area (TPSA) is 44.6 Å². The lowest BCUT2D eigenvalue weighted by Gasteiger charge is -2.30. The maximum atomic E-state index is 4.77. The first-order valence-electron chi connectivity index (χ1n) is 13.4. The smallest absolute Gasteiger partial charge is 0.198 e. The molecule has 0 amide bonds. The van der Waals surface area contributed by atoms with Gasteiger partial charge in [0.1, 0.15) is 6.34 Å². The molecule has 2 unspecified atom stereocenters. The number of hydrogen-bond donors (Lipinski definition) is 2. The lowest BCUT2D eigenvalue weighted by Crippen LogP contribution is -2.43. The van der Waals surface area contributed by atoms with Gasteiger partial charge in [-0.1, -0.05) is 67.6 Å². The molecule has 2 aromatic heterocycles. The van der Waals surface area contributed by atoms with Gasteiger partial charge in [-0.25, -0.2) is 4.99 Å². The van der Waals surface area contributed by atoms with E-state index in [9.17, 15) is 0 Å². The molecule has 0 fully saturated rings. The molecule has 0 bridgehead atoms. The second-order valence-electron chi connectivity index (χ2n) is 10.3. The first kappa shape index (κ1) is 22.6. The average molecular weight is 526 g/mol. The number of aromatic nitrogens is 1. The average Bonchev–Trinajstić information content (AvgIpc) is 3.71. The van der Waals surface area contributed by atoms with Gasteiger partial charge in [0.05, 0.1) is 21.4 Å². The Bertz CT molecular complexity index is 1920. The van der Waals surface area contributed by atoms with Crippen molar-refractivity contribution in [2.24, 2.45) is 10.9 Å². The van der Waals surface area contributed by atoms with Crippen LogP contribution in [0.4, 0.5) is 11.4 Å². The van der Waals surface area contributed by atoms with Gasteiger partial charge in [-0.3, -0.25) is 0 Å². The normalized spacial score (nSPS) is 18.2. The van der Waals surface area contributed by atoms with E-state index in [0.717, 1.165) is 12.1 Å². The zero-order chi connectivity index (χ0) is 25.9. The molecule has 6 aromatic rings. The SMILES string of the molecule is CC1C=Cc2sc3c(c(N(c4ccccc4)C4N=CNN4)cc4c5ccccc5n(-c5ccccc5)c43)c2C1. The number of thiophene rings is 1. The number of aliphatic imine (C=N–C) groups is 1. The van der Waals surface area contributed by atoms with Crippen LogP contribution in [0.1, 0.15) is 17.4 Å². The van der Waals surface area contributed by atoms with Crippen LogP contribution >= 0.6 is 11.3 Å². The van der Waals surface area contributed by atoms with Crippen LogP contribution in [0.15, 0.2) is 102 Å². The molecule has 0 spiro atoms. The highest BCUT2D eigenvalue weighted by atomic mass is 32.1. The van der Waals surface area contributed by atoms with E-state index in [-0.39, 0.29) is 6.29 Å². The summed E-state index contributed by atoms with van der Waals surface area (Å²) >= 11 is 1.92. The monoisotopic (exact) mass is 525 g/mol. The lowest BCUT2D eigenvalue weighted by molar-refractivity contribution is 0.556. The fourth-order valence-electron chi connectivity index (χ4n) is 6.17. The Morgan fingerprint density at radius 3 is 2.49 bits per heavy atom. The van der Waals surface area contributed by atoms with Crippen molar-refractivity contribution in [1.29, 1.82) is 0 Å². The van der Waals surface area contributed by atoms with Gasteiger partial charge in [-0.2, -0.15) is 5.43 Å². The second kappa shape index (κ2) is 8.83. The minimum absolute atomic E-state index is 0.261.